The molecule has 3 heterocycles. The molecule has 0 saturated carbocycles. The van der Waals surface area contributed by atoms with Crippen LogP contribution < -0.4 is 10.6 Å². The van der Waals surface area contributed by atoms with Crippen LogP contribution in [0.15, 0.2) is 43.0 Å². The Kier molecular flexibility index (Phi) is 7.93. The minimum atomic E-state index is -1.19. The van der Waals surface area contributed by atoms with Gasteiger partial charge in [-0.1, -0.05) is 30.3 Å². The van der Waals surface area contributed by atoms with E-state index in [-0.39, 0.29) is 43.1 Å². The Balaban J connectivity index is 1.41. The quantitative estimate of drug-likeness (QED) is 0.403. The van der Waals surface area contributed by atoms with Crippen LogP contribution in [0.25, 0.3) is 11.2 Å². The van der Waals surface area contributed by atoms with Crippen molar-refractivity contribution in [3.05, 3.63) is 48.5 Å². The highest BCUT2D eigenvalue weighted by Gasteiger charge is 2.40. The number of aromatic nitrogens is 4. The van der Waals surface area contributed by atoms with Gasteiger partial charge in [-0.15, -0.1) is 0 Å². The molecule has 1 unspecified atom stereocenters. The molecule has 0 aliphatic carbocycles. The van der Waals surface area contributed by atoms with Gasteiger partial charge in [-0.05, 0) is 26.3 Å². The molecule has 0 spiro atoms. The van der Waals surface area contributed by atoms with Crippen molar-refractivity contribution in [1.82, 2.24) is 29.7 Å². The fourth-order valence-electron chi connectivity index (χ4n) is 4.10. The molecule has 14 heteroatoms. The second-order valence-electron chi connectivity index (χ2n) is 9.93. The normalized spacial score (nSPS) is 17.1. The van der Waals surface area contributed by atoms with Crippen LogP contribution in [0.1, 0.15) is 32.8 Å². The molecule has 1 fully saturated rings. The Morgan fingerprint density at radius 2 is 1.82 bits per heavy atom. The second-order valence-corrected chi connectivity index (χ2v) is 9.93. The van der Waals surface area contributed by atoms with E-state index < -0.39 is 41.7 Å². The number of nitrogens with zero attached hydrogens (tertiary/aromatic N) is 5. The first kappa shape index (κ1) is 27.3. The molecule has 1 saturated heterocycles. The van der Waals surface area contributed by atoms with Crippen molar-refractivity contribution >= 4 is 41.0 Å². The van der Waals surface area contributed by atoms with Crippen LogP contribution in [-0.4, -0.2) is 77.8 Å². The molecule has 0 bridgehead atoms. The van der Waals surface area contributed by atoms with Gasteiger partial charge in [-0.25, -0.2) is 29.3 Å². The monoisotopic (exact) mass is 539 g/mol. The molecule has 3 N–H and O–H groups in total. The molecule has 1 aliphatic heterocycles. The summed E-state index contributed by atoms with van der Waals surface area (Å²) in [6.45, 7) is 4.93. The van der Waals surface area contributed by atoms with Gasteiger partial charge >= 0.3 is 18.2 Å². The predicted octanol–water partition coefficient (Wildman–Crippen LogP) is 2.15. The average molecular weight is 540 g/mol. The third-order valence-corrected chi connectivity index (χ3v) is 5.77. The molecule has 2 aromatic heterocycles. The zero-order valence-electron chi connectivity index (χ0n) is 21.7. The number of carboxylic acids is 1. The molecule has 4 rings (SSSR count). The Bertz CT molecular complexity index is 1370. The first-order valence-electron chi connectivity index (χ1n) is 12.2. The topological polar surface area (TPSA) is 178 Å². The van der Waals surface area contributed by atoms with Crippen LogP contribution in [0.3, 0.4) is 0 Å². The van der Waals surface area contributed by atoms with E-state index in [1.165, 1.54) is 22.1 Å². The van der Waals surface area contributed by atoms with Gasteiger partial charge < -0.3 is 29.4 Å². The summed E-state index contributed by atoms with van der Waals surface area (Å²) in [6, 6.07) is 7.43. The minimum Gasteiger partial charge on any atom is -0.480 e. The van der Waals surface area contributed by atoms with E-state index >= 15 is 0 Å². The number of nitrogens with one attached hydrogen (secondary N) is 2. The third kappa shape index (κ3) is 6.97. The van der Waals surface area contributed by atoms with Crippen molar-refractivity contribution in [3.63, 3.8) is 0 Å². The second kappa shape index (κ2) is 11.3. The highest BCUT2D eigenvalue weighted by Crippen LogP contribution is 2.22. The molecule has 3 aromatic rings. The van der Waals surface area contributed by atoms with Gasteiger partial charge in [0, 0.05) is 13.0 Å². The number of amides is 3. The molecule has 206 valence electrons. The summed E-state index contributed by atoms with van der Waals surface area (Å²) in [6.07, 6.45) is 1.15. The first-order valence-corrected chi connectivity index (χ1v) is 12.2. The first-order chi connectivity index (χ1) is 18.5. The number of hydrogen-bond acceptors (Lipinski definition) is 9. The van der Waals surface area contributed by atoms with Crippen molar-refractivity contribution in [2.45, 2.75) is 58.0 Å². The number of rotatable bonds is 7. The molecular weight excluding hydrogens is 510 g/mol. The highest BCUT2D eigenvalue weighted by molar-refractivity contribution is 5.94. The van der Waals surface area contributed by atoms with Gasteiger partial charge in [0.15, 0.2) is 17.0 Å². The van der Waals surface area contributed by atoms with Crippen molar-refractivity contribution < 1.29 is 33.8 Å². The standard InChI is InChI=1S/C25H29N7O7/c1-25(2,3)39-24(37)29-16-9-17(22(34)35)32(10-16)18(33)11-31-14-28-19-20(26-13-27-21(19)31)30-23(36)38-12-15-7-5-4-6-8-15/h4-8,13-14,16-17H,9-12H2,1-3H3,(H,29,37)(H,34,35)(H,26,27,30,36)/t16?,17-/m0/s1. The lowest BCUT2D eigenvalue weighted by Gasteiger charge is -2.22. The minimum absolute atomic E-state index is 0.00326. The van der Waals surface area contributed by atoms with Gasteiger partial charge in [0.05, 0.1) is 12.4 Å². The fourth-order valence-corrected chi connectivity index (χ4v) is 4.10. The lowest BCUT2D eigenvalue weighted by atomic mass is 10.1. The van der Waals surface area contributed by atoms with E-state index in [2.05, 4.69) is 25.6 Å². The van der Waals surface area contributed by atoms with Crippen molar-refractivity contribution in [2.24, 2.45) is 0 Å². The molecule has 0 radical (unpaired) electrons. The average Bonchev–Trinajstić information content (AvgIpc) is 3.47. The van der Waals surface area contributed by atoms with E-state index in [9.17, 15) is 24.3 Å². The van der Waals surface area contributed by atoms with Crippen LogP contribution in [0.5, 0.6) is 0 Å². The number of carbonyl (C=O) groups is 4. The molecule has 14 nitrogen and oxygen atoms in total. The number of aliphatic carboxylic acids is 1. The number of likely N-dealkylation sites (tertiary alicyclic amines) is 1. The summed E-state index contributed by atoms with van der Waals surface area (Å²) in [7, 11) is 0. The van der Waals surface area contributed by atoms with E-state index in [0.29, 0.717) is 0 Å². The summed E-state index contributed by atoms with van der Waals surface area (Å²) in [5.41, 5.74) is 0.573. The van der Waals surface area contributed by atoms with E-state index in [1.807, 2.05) is 30.3 Å². The van der Waals surface area contributed by atoms with Gasteiger partial charge in [-0.3, -0.25) is 10.1 Å². The zero-order chi connectivity index (χ0) is 28.2. The summed E-state index contributed by atoms with van der Waals surface area (Å²) in [5, 5.41) is 14.8. The van der Waals surface area contributed by atoms with Crippen LogP contribution >= 0.6 is 0 Å². The van der Waals surface area contributed by atoms with Crippen LogP contribution in [0.4, 0.5) is 15.4 Å². The van der Waals surface area contributed by atoms with Crippen LogP contribution in [0, 0.1) is 0 Å². The molecule has 1 aromatic carbocycles. The van der Waals surface area contributed by atoms with Gasteiger partial charge in [-0.2, -0.15) is 0 Å². The highest BCUT2D eigenvalue weighted by atomic mass is 16.6. The summed E-state index contributed by atoms with van der Waals surface area (Å²) >= 11 is 0. The fraction of sp³-hybridized carbons (Fsp3) is 0.400. The lowest BCUT2D eigenvalue weighted by molar-refractivity contribution is -0.148. The number of anilines is 1. The van der Waals surface area contributed by atoms with E-state index in [1.54, 1.807) is 20.8 Å². The van der Waals surface area contributed by atoms with Crippen LogP contribution in [0.2, 0.25) is 0 Å². The van der Waals surface area contributed by atoms with Crippen molar-refractivity contribution in [2.75, 3.05) is 11.9 Å². The smallest absolute Gasteiger partial charge is 0.413 e. The number of fused-ring (bicyclic) bond motifs is 1. The summed E-state index contributed by atoms with van der Waals surface area (Å²) < 4.78 is 11.9. The maximum absolute atomic E-state index is 13.2. The number of carbonyl (C=O) groups excluding carboxylic acids is 3. The number of ether oxygens (including phenoxy) is 2. The van der Waals surface area contributed by atoms with Crippen molar-refractivity contribution in [1.29, 1.82) is 0 Å². The number of hydrogen-bond donors (Lipinski definition) is 3. The Morgan fingerprint density at radius 1 is 1.08 bits per heavy atom. The summed E-state index contributed by atoms with van der Waals surface area (Å²) in [5.74, 6) is -1.60. The molecule has 2 atom stereocenters. The number of imidazole rings is 1. The number of benzene rings is 1. The van der Waals surface area contributed by atoms with Crippen molar-refractivity contribution in [3.8, 4) is 0 Å². The number of alkyl carbamates (subject to hydrolysis) is 1. The zero-order valence-corrected chi connectivity index (χ0v) is 21.7. The third-order valence-electron chi connectivity index (χ3n) is 5.77. The SMILES string of the molecule is CC(C)(C)OC(=O)NC1C[C@@H](C(=O)O)N(C(=O)Cn2cnc3c(NC(=O)OCc4ccccc4)ncnc32)C1. The van der Waals surface area contributed by atoms with Crippen LogP contribution in [-0.2, 0) is 32.2 Å². The maximum atomic E-state index is 13.2. The lowest BCUT2D eigenvalue weighted by Crippen LogP contribution is -2.43. The van der Waals surface area contributed by atoms with Gasteiger partial charge in [0.2, 0.25) is 5.91 Å². The van der Waals surface area contributed by atoms with Gasteiger partial charge in [0.25, 0.3) is 0 Å². The Labute approximate surface area is 223 Å². The van der Waals surface area contributed by atoms with E-state index in [0.717, 1.165) is 5.56 Å². The molecule has 1 aliphatic rings. The largest absolute Gasteiger partial charge is 0.480 e. The summed E-state index contributed by atoms with van der Waals surface area (Å²) in [4.78, 5) is 63.1. The maximum Gasteiger partial charge on any atom is 0.413 e. The molecule has 39 heavy (non-hydrogen) atoms. The molecule has 3 amide bonds. The molecular formula is C25H29N7O7. The van der Waals surface area contributed by atoms with Gasteiger partial charge in [0.1, 0.15) is 31.1 Å². The Hall–Kier alpha value is -4.75. The Morgan fingerprint density at radius 3 is 2.51 bits per heavy atom. The predicted molar refractivity (Wildman–Crippen MR) is 136 cm³/mol. The number of carboxylic acid groups (broad SMARTS) is 1. The van der Waals surface area contributed by atoms with E-state index in [4.69, 9.17) is 9.47 Å².